The molecule has 14 heavy (non-hydrogen) atoms. The van der Waals surface area contributed by atoms with Crippen LogP contribution in [0.4, 0.5) is 0 Å². The van der Waals surface area contributed by atoms with Crippen LogP contribution in [0.2, 0.25) is 0 Å². The molecule has 4 heteroatoms. The summed E-state index contributed by atoms with van der Waals surface area (Å²) in [5.74, 6) is 0. The summed E-state index contributed by atoms with van der Waals surface area (Å²) in [5.41, 5.74) is 2.54. The fourth-order valence-corrected chi connectivity index (χ4v) is 2.89. The van der Waals surface area contributed by atoms with E-state index in [4.69, 9.17) is 5.41 Å². The summed E-state index contributed by atoms with van der Waals surface area (Å²) in [6, 6.07) is 8.51. The van der Waals surface area contributed by atoms with Crippen molar-refractivity contribution in [2.45, 2.75) is 6.92 Å². The third-order valence-electron chi connectivity index (χ3n) is 1.83. The van der Waals surface area contributed by atoms with Crippen LogP contribution in [-0.4, -0.2) is 0 Å². The van der Waals surface area contributed by atoms with Crippen molar-refractivity contribution < 1.29 is 17.8 Å². The summed E-state index contributed by atoms with van der Waals surface area (Å²) in [6.07, 6.45) is 0. The van der Waals surface area contributed by atoms with Crippen LogP contribution in [0.15, 0.2) is 29.6 Å². The van der Waals surface area contributed by atoms with Gasteiger partial charge in [-0.1, -0.05) is 52.5 Å². The molecule has 1 nitrogen and oxygen atoms in total. The maximum absolute atomic E-state index is 5.68. The van der Waals surface area contributed by atoms with E-state index in [1.165, 1.54) is 16.0 Å². The van der Waals surface area contributed by atoms with E-state index in [-0.39, 0.29) is 12.4 Å². The van der Waals surface area contributed by atoms with E-state index < -0.39 is 0 Å². The molecule has 0 amide bonds. The Morgan fingerprint density at radius 2 is 1.79 bits per heavy atom. The topological polar surface area (TPSA) is 25.6 Å². The number of aryl methyl sites for hydroxylation is 1. The monoisotopic (exact) mass is 243 g/mol. The summed E-state index contributed by atoms with van der Waals surface area (Å²) in [7, 11) is 0. The maximum Gasteiger partial charge on any atom is 0.311 e. The molecule has 0 fully saturated rings. The number of hydrogen-bond acceptors (Lipinski definition) is 2. The lowest BCUT2D eigenvalue weighted by molar-refractivity contribution is -0.161. The van der Waals surface area contributed by atoms with Gasteiger partial charge in [0, 0.05) is 5.38 Å². The van der Waals surface area contributed by atoms with Crippen LogP contribution in [0, 0.1) is 6.92 Å². The minimum absolute atomic E-state index is 0. The summed E-state index contributed by atoms with van der Waals surface area (Å²) < 4.78 is 0.913. The molecule has 0 saturated heterocycles. The first kappa shape index (κ1) is 11.4. The molecule has 0 spiro atoms. The lowest BCUT2D eigenvalue weighted by atomic mass is 10.1. The molecule has 74 valence electrons. The van der Waals surface area contributed by atoms with Crippen molar-refractivity contribution in [1.29, 1.82) is 0 Å². The Labute approximate surface area is 97.0 Å². The van der Waals surface area contributed by atoms with Gasteiger partial charge in [-0.15, -0.1) is 0 Å². The molecule has 2 N–H and O–H groups in total. The number of nitrogens with two attached hydrogens (primary N) is 1. The first-order valence-electron chi connectivity index (χ1n) is 4.00. The molecule has 0 aliphatic carbocycles. The quantitative estimate of drug-likeness (QED) is 0.628. The van der Waals surface area contributed by atoms with Crippen molar-refractivity contribution in [3.8, 4) is 10.4 Å². The van der Waals surface area contributed by atoms with E-state index in [2.05, 4.69) is 36.6 Å². The van der Waals surface area contributed by atoms with Gasteiger partial charge in [-0.25, -0.2) is 5.41 Å². The number of benzene rings is 1. The van der Waals surface area contributed by atoms with Gasteiger partial charge in [-0.2, -0.15) is 0 Å². The number of halogens is 1. The second-order valence-corrected chi connectivity index (χ2v) is 5.14. The van der Waals surface area contributed by atoms with Crippen molar-refractivity contribution in [1.82, 2.24) is 0 Å². The molecule has 2 aromatic rings. The molecule has 2 rings (SSSR count). The predicted octanol–water partition coefficient (Wildman–Crippen LogP) is -1.55. The zero-order chi connectivity index (χ0) is 9.26. The lowest BCUT2D eigenvalue weighted by Gasteiger charge is -1.95. The molecule has 0 atom stereocenters. The van der Waals surface area contributed by atoms with Crippen LogP contribution in [-0.2, 0) is 0 Å². The highest BCUT2D eigenvalue weighted by Crippen LogP contribution is 2.23. The van der Waals surface area contributed by atoms with Gasteiger partial charge in [-0.3, -0.25) is 0 Å². The molecule has 1 aromatic heterocycles. The Morgan fingerprint density at radius 1 is 1.14 bits per heavy atom. The minimum atomic E-state index is 0. The highest BCUT2D eigenvalue weighted by Gasteiger charge is 2.00. The normalized spacial score (nSPS) is 9.50. The summed E-state index contributed by atoms with van der Waals surface area (Å²) in [4.78, 5) is 1.25. The standard InChI is InChI=1S/C10H9NS2.ClH/c1-7-2-4-8(5-3-7)9-6-12-10(11)13-9;/h2-6,11H,1H3;1H. The Balaban J connectivity index is 0.000000980. The Bertz CT molecular complexity index is 455. The Hall–Kier alpha value is -0.640. The largest absolute Gasteiger partial charge is 1.00 e. The third-order valence-corrected chi connectivity index (χ3v) is 3.88. The van der Waals surface area contributed by atoms with Crippen molar-refractivity contribution >= 4 is 22.7 Å². The van der Waals surface area contributed by atoms with Gasteiger partial charge in [0.1, 0.15) is 0 Å². The molecule has 0 unspecified atom stereocenters. The van der Waals surface area contributed by atoms with Gasteiger partial charge in [-0.05, 0) is 12.5 Å². The molecule has 0 aliphatic rings. The summed E-state index contributed by atoms with van der Waals surface area (Å²) >= 11 is 3.24. The van der Waals surface area contributed by atoms with E-state index in [1.54, 1.807) is 22.7 Å². The average Bonchev–Trinajstić information content (AvgIpc) is 2.53. The van der Waals surface area contributed by atoms with E-state index in [0.29, 0.717) is 0 Å². The van der Waals surface area contributed by atoms with Gasteiger partial charge in [0.15, 0.2) is 0 Å². The first-order chi connectivity index (χ1) is 6.25. The zero-order valence-corrected chi connectivity index (χ0v) is 10.0. The molecule has 0 aliphatic heterocycles. The summed E-state index contributed by atoms with van der Waals surface area (Å²) in [6.45, 7) is 2.09. The molecule has 0 radical (unpaired) electrons. The third kappa shape index (κ3) is 2.44. The molecule has 1 heterocycles. The second-order valence-electron chi connectivity index (χ2n) is 2.89. The van der Waals surface area contributed by atoms with Crippen LogP contribution >= 0.6 is 22.7 Å². The molecule has 0 bridgehead atoms. The van der Waals surface area contributed by atoms with Gasteiger partial charge < -0.3 is 12.4 Å². The zero-order valence-electron chi connectivity index (χ0n) is 7.66. The van der Waals surface area contributed by atoms with E-state index in [9.17, 15) is 0 Å². The minimum Gasteiger partial charge on any atom is -1.00 e. The van der Waals surface area contributed by atoms with E-state index >= 15 is 0 Å². The van der Waals surface area contributed by atoms with Gasteiger partial charge >= 0.3 is 3.98 Å². The van der Waals surface area contributed by atoms with E-state index in [1.807, 2.05) is 0 Å². The van der Waals surface area contributed by atoms with Crippen LogP contribution < -0.4 is 21.8 Å². The SMILES string of the molecule is Cc1ccc(-c2csc(=[NH2+])s2)cc1.[Cl-]. The second kappa shape index (κ2) is 4.73. The molecule has 0 saturated carbocycles. The first-order valence-corrected chi connectivity index (χ1v) is 5.69. The van der Waals surface area contributed by atoms with E-state index in [0.717, 1.165) is 3.98 Å². The highest BCUT2D eigenvalue weighted by atomic mass is 35.5. The lowest BCUT2D eigenvalue weighted by Crippen LogP contribution is -3.00. The van der Waals surface area contributed by atoms with Gasteiger partial charge in [0.25, 0.3) is 0 Å². The fourth-order valence-electron chi connectivity index (χ4n) is 1.11. The fraction of sp³-hybridized carbons (Fsp3) is 0.100. The van der Waals surface area contributed by atoms with Crippen molar-refractivity contribution in [2.24, 2.45) is 0 Å². The highest BCUT2D eigenvalue weighted by molar-refractivity contribution is 7.28. The number of rotatable bonds is 1. The van der Waals surface area contributed by atoms with Crippen LogP contribution in [0.3, 0.4) is 0 Å². The van der Waals surface area contributed by atoms with Crippen LogP contribution in [0.5, 0.6) is 0 Å². The number of hydrogen-bond donors (Lipinski definition) is 1. The molecular weight excluding hydrogens is 234 g/mol. The van der Waals surface area contributed by atoms with Crippen molar-refractivity contribution in [3.63, 3.8) is 0 Å². The summed E-state index contributed by atoms with van der Waals surface area (Å²) in [5, 5.41) is 7.78. The Morgan fingerprint density at radius 3 is 2.29 bits per heavy atom. The maximum atomic E-state index is 5.68. The molecular formula is C10H10ClNS2. The molecule has 1 aromatic carbocycles. The average molecular weight is 244 g/mol. The van der Waals surface area contributed by atoms with Gasteiger partial charge in [0.2, 0.25) is 0 Å². The van der Waals surface area contributed by atoms with Crippen LogP contribution in [0.1, 0.15) is 5.56 Å². The van der Waals surface area contributed by atoms with Gasteiger partial charge in [0.05, 0.1) is 4.88 Å². The predicted molar refractivity (Wildman–Crippen MR) is 57.4 cm³/mol. The van der Waals surface area contributed by atoms with Crippen LogP contribution in [0.25, 0.3) is 10.4 Å². The van der Waals surface area contributed by atoms with Crippen molar-refractivity contribution in [2.75, 3.05) is 0 Å². The van der Waals surface area contributed by atoms with Crippen molar-refractivity contribution in [3.05, 3.63) is 39.2 Å². The smallest absolute Gasteiger partial charge is 0.311 e. The Kier molecular flexibility index (Phi) is 3.86.